The Morgan fingerprint density at radius 3 is 2.55 bits per heavy atom. The van der Waals surface area contributed by atoms with Gasteiger partial charge in [-0.25, -0.2) is 0 Å². The van der Waals surface area contributed by atoms with E-state index in [9.17, 15) is 9.59 Å². The second-order valence-electron chi connectivity index (χ2n) is 7.39. The first-order valence-electron chi connectivity index (χ1n) is 10.1. The molecule has 0 radical (unpaired) electrons. The van der Waals surface area contributed by atoms with E-state index in [-0.39, 0.29) is 23.8 Å². The van der Waals surface area contributed by atoms with Crippen molar-refractivity contribution >= 4 is 23.6 Å². The Morgan fingerprint density at radius 1 is 1.14 bits per heavy atom. The molecule has 1 aliphatic rings. The lowest BCUT2D eigenvalue weighted by Gasteiger charge is -2.29. The Bertz CT molecular complexity index is 851. The molecule has 154 valence electrons. The highest BCUT2D eigenvalue weighted by molar-refractivity contribution is 7.99. The van der Waals surface area contributed by atoms with Gasteiger partial charge < -0.3 is 15.4 Å². The number of benzene rings is 2. The molecule has 6 heteroatoms. The summed E-state index contributed by atoms with van der Waals surface area (Å²) in [5.41, 5.74) is 1.66. The van der Waals surface area contributed by atoms with Crippen molar-refractivity contribution in [2.75, 3.05) is 12.4 Å². The zero-order valence-electron chi connectivity index (χ0n) is 17.1. The van der Waals surface area contributed by atoms with Gasteiger partial charge in [0.15, 0.2) is 0 Å². The molecule has 0 bridgehead atoms. The molecule has 2 unspecified atom stereocenters. The van der Waals surface area contributed by atoms with Crippen LogP contribution in [-0.2, 0) is 4.79 Å². The maximum absolute atomic E-state index is 13.0. The van der Waals surface area contributed by atoms with Crippen LogP contribution in [0.2, 0.25) is 0 Å². The Kier molecular flexibility index (Phi) is 7.20. The first-order valence-corrected chi connectivity index (χ1v) is 11.0. The fourth-order valence-electron chi connectivity index (χ4n) is 3.38. The fraction of sp³-hybridized carbons (Fsp3) is 0.391. The van der Waals surface area contributed by atoms with Gasteiger partial charge in [0, 0.05) is 16.2 Å². The van der Waals surface area contributed by atoms with Crippen molar-refractivity contribution in [1.29, 1.82) is 0 Å². The summed E-state index contributed by atoms with van der Waals surface area (Å²) in [6, 6.07) is 14.5. The lowest BCUT2D eigenvalue weighted by molar-refractivity contribution is -0.124. The minimum atomic E-state index is -0.601. The number of hydrogen-bond acceptors (Lipinski definition) is 4. The standard InChI is InChI=1S/C23H28N2O3S/c1-4-28-17-11-9-16(10-12-17)22(26)25-21(15(2)3)23(27)24-19-13-14-29-20-8-6-5-7-18(19)20/h5-12,15,19,21H,4,13-14H2,1-3H3,(H,24,27)(H,25,26). The molecule has 0 aromatic heterocycles. The van der Waals surface area contributed by atoms with Crippen LogP contribution in [0.4, 0.5) is 0 Å². The number of fused-ring (bicyclic) bond motifs is 1. The molecule has 2 amide bonds. The lowest BCUT2D eigenvalue weighted by Crippen LogP contribution is -2.50. The SMILES string of the molecule is CCOc1ccc(C(=O)NC(C(=O)NC2CCSc3ccccc32)C(C)C)cc1. The third-order valence-corrected chi connectivity index (χ3v) is 6.06. The van der Waals surface area contributed by atoms with Crippen LogP contribution in [-0.4, -0.2) is 30.2 Å². The summed E-state index contributed by atoms with van der Waals surface area (Å²) >= 11 is 1.82. The van der Waals surface area contributed by atoms with Gasteiger partial charge in [0.1, 0.15) is 11.8 Å². The second-order valence-corrected chi connectivity index (χ2v) is 8.53. The molecular formula is C23H28N2O3S. The Hall–Kier alpha value is -2.47. The van der Waals surface area contributed by atoms with E-state index >= 15 is 0 Å². The van der Waals surface area contributed by atoms with Gasteiger partial charge in [0.25, 0.3) is 5.91 Å². The number of nitrogens with one attached hydrogen (secondary N) is 2. The summed E-state index contributed by atoms with van der Waals surface area (Å²) in [5, 5.41) is 6.05. The van der Waals surface area contributed by atoms with Gasteiger partial charge in [-0.3, -0.25) is 9.59 Å². The smallest absolute Gasteiger partial charge is 0.251 e. The number of carbonyl (C=O) groups is 2. The molecule has 0 saturated carbocycles. The van der Waals surface area contributed by atoms with E-state index in [2.05, 4.69) is 22.8 Å². The van der Waals surface area contributed by atoms with Crippen LogP contribution in [0.15, 0.2) is 53.4 Å². The molecule has 0 saturated heterocycles. The van der Waals surface area contributed by atoms with Gasteiger partial charge in [0.2, 0.25) is 5.91 Å². The normalized spacial score (nSPS) is 16.6. The van der Waals surface area contributed by atoms with Gasteiger partial charge >= 0.3 is 0 Å². The fourth-order valence-corrected chi connectivity index (χ4v) is 4.51. The maximum atomic E-state index is 13.0. The number of carbonyl (C=O) groups excluding carboxylic acids is 2. The van der Waals surface area contributed by atoms with E-state index in [0.717, 1.165) is 23.5 Å². The summed E-state index contributed by atoms with van der Waals surface area (Å²) < 4.78 is 5.41. The van der Waals surface area contributed by atoms with Crippen LogP contribution in [0.5, 0.6) is 5.75 Å². The highest BCUT2D eigenvalue weighted by atomic mass is 32.2. The lowest BCUT2D eigenvalue weighted by atomic mass is 9.99. The molecule has 5 nitrogen and oxygen atoms in total. The van der Waals surface area contributed by atoms with Crippen LogP contribution in [0.1, 0.15) is 49.2 Å². The number of amides is 2. The average Bonchev–Trinajstić information content (AvgIpc) is 2.72. The first-order chi connectivity index (χ1) is 14.0. The van der Waals surface area contributed by atoms with Crippen molar-refractivity contribution in [2.24, 2.45) is 5.92 Å². The second kappa shape index (κ2) is 9.83. The van der Waals surface area contributed by atoms with E-state index in [1.54, 1.807) is 24.3 Å². The maximum Gasteiger partial charge on any atom is 0.251 e. The molecular weight excluding hydrogens is 384 g/mol. The minimum absolute atomic E-state index is 0.0245. The van der Waals surface area contributed by atoms with Crippen LogP contribution in [0, 0.1) is 5.92 Å². The highest BCUT2D eigenvalue weighted by Crippen LogP contribution is 2.35. The largest absolute Gasteiger partial charge is 0.494 e. The van der Waals surface area contributed by atoms with E-state index < -0.39 is 6.04 Å². The quantitative estimate of drug-likeness (QED) is 0.715. The van der Waals surface area contributed by atoms with Gasteiger partial charge in [-0.1, -0.05) is 32.0 Å². The molecule has 2 aromatic carbocycles. The summed E-state index contributed by atoms with van der Waals surface area (Å²) in [5.74, 6) is 1.24. The molecule has 2 N–H and O–H groups in total. The molecule has 1 heterocycles. The van der Waals surface area contributed by atoms with Crippen LogP contribution < -0.4 is 15.4 Å². The van der Waals surface area contributed by atoms with E-state index in [4.69, 9.17) is 4.74 Å². The average molecular weight is 413 g/mol. The summed E-state index contributed by atoms with van der Waals surface area (Å²) in [4.78, 5) is 26.9. The van der Waals surface area contributed by atoms with Crippen molar-refractivity contribution in [3.63, 3.8) is 0 Å². The number of hydrogen-bond donors (Lipinski definition) is 2. The zero-order chi connectivity index (χ0) is 20.8. The predicted octanol–water partition coefficient (Wildman–Crippen LogP) is 4.19. The van der Waals surface area contributed by atoms with Crippen molar-refractivity contribution in [2.45, 2.75) is 44.2 Å². The molecule has 29 heavy (non-hydrogen) atoms. The van der Waals surface area contributed by atoms with Gasteiger partial charge in [0.05, 0.1) is 12.6 Å². The molecule has 0 fully saturated rings. The number of ether oxygens (including phenoxy) is 1. The topological polar surface area (TPSA) is 67.4 Å². The Balaban J connectivity index is 1.68. The van der Waals surface area contributed by atoms with E-state index in [1.807, 2.05) is 44.7 Å². The van der Waals surface area contributed by atoms with Crippen molar-refractivity contribution in [3.8, 4) is 5.75 Å². The zero-order valence-corrected chi connectivity index (χ0v) is 17.9. The molecule has 2 atom stereocenters. The summed E-state index contributed by atoms with van der Waals surface area (Å²) in [7, 11) is 0. The molecule has 0 aliphatic carbocycles. The van der Waals surface area contributed by atoms with Gasteiger partial charge in [-0.2, -0.15) is 0 Å². The van der Waals surface area contributed by atoms with Gasteiger partial charge in [-0.15, -0.1) is 11.8 Å². The Labute approximate surface area is 176 Å². The number of thioether (sulfide) groups is 1. The molecule has 0 spiro atoms. The van der Waals surface area contributed by atoms with Crippen LogP contribution >= 0.6 is 11.8 Å². The first kappa shape index (κ1) is 21.2. The third kappa shape index (κ3) is 5.32. The third-order valence-electron chi connectivity index (χ3n) is 4.94. The predicted molar refractivity (Wildman–Crippen MR) is 116 cm³/mol. The molecule has 1 aliphatic heterocycles. The van der Waals surface area contributed by atoms with E-state index in [1.165, 1.54) is 4.90 Å². The summed E-state index contributed by atoms with van der Waals surface area (Å²) in [6.07, 6.45) is 0.880. The number of rotatable bonds is 7. The summed E-state index contributed by atoms with van der Waals surface area (Å²) in [6.45, 7) is 6.36. The molecule has 3 rings (SSSR count). The monoisotopic (exact) mass is 412 g/mol. The van der Waals surface area contributed by atoms with E-state index in [0.29, 0.717) is 12.2 Å². The van der Waals surface area contributed by atoms with Gasteiger partial charge in [-0.05, 0) is 55.2 Å². The van der Waals surface area contributed by atoms with Crippen molar-refractivity contribution in [1.82, 2.24) is 10.6 Å². The minimum Gasteiger partial charge on any atom is -0.494 e. The van der Waals surface area contributed by atoms with Crippen LogP contribution in [0.25, 0.3) is 0 Å². The Morgan fingerprint density at radius 2 is 1.86 bits per heavy atom. The van der Waals surface area contributed by atoms with Crippen molar-refractivity contribution < 1.29 is 14.3 Å². The van der Waals surface area contributed by atoms with Crippen molar-refractivity contribution in [3.05, 3.63) is 59.7 Å². The molecule has 2 aromatic rings. The highest BCUT2D eigenvalue weighted by Gasteiger charge is 2.29. The van der Waals surface area contributed by atoms with Crippen LogP contribution in [0.3, 0.4) is 0 Å².